The number of carbonyl (C=O) groups excluding carboxylic acids is 1. The minimum absolute atomic E-state index is 0.0373. The zero-order valence-corrected chi connectivity index (χ0v) is 15.8. The number of furan rings is 1. The summed E-state index contributed by atoms with van der Waals surface area (Å²) in [5.41, 5.74) is 3.19. The van der Waals surface area contributed by atoms with E-state index in [0.29, 0.717) is 12.1 Å². The van der Waals surface area contributed by atoms with Crippen LogP contribution in [0.2, 0.25) is 0 Å². The standard InChI is InChI=1S/C21H19BrN2O2/c22-17-7-3-6-16(13-17)21(25)23-14-19(20-9-4-12-26-20)24-11-10-15-5-1-2-8-18(15)24/h1-9,12-13,19H,10-11,14H2,(H,23,25)/t19-/m1/s1. The van der Waals surface area contributed by atoms with E-state index < -0.39 is 0 Å². The van der Waals surface area contributed by atoms with Crippen molar-refractivity contribution < 1.29 is 9.21 Å². The lowest BCUT2D eigenvalue weighted by Gasteiger charge is -2.29. The number of hydrogen-bond acceptors (Lipinski definition) is 3. The Morgan fingerprint density at radius 2 is 2.04 bits per heavy atom. The van der Waals surface area contributed by atoms with E-state index in [-0.39, 0.29) is 11.9 Å². The minimum Gasteiger partial charge on any atom is -0.467 e. The van der Waals surface area contributed by atoms with E-state index in [9.17, 15) is 4.79 Å². The topological polar surface area (TPSA) is 45.5 Å². The molecule has 3 aromatic rings. The first-order chi connectivity index (χ1) is 12.7. The molecule has 0 aliphatic carbocycles. The summed E-state index contributed by atoms with van der Waals surface area (Å²) >= 11 is 3.41. The molecule has 2 heterocycles. The molecule has 1 atom stereocenters. The van der Waals surface area contributed by atoms with Gasteiger partial charge in [-0.15, -0.1) is 0 Å². The lowest BCUT2D eigenvalue weighted by Crippen LogP contribution is -2.37. The predicted octanol–water partition coefficient (Wildman–Crippen LogP) is 4.58. The normalized spacial score (nSPS) is 14.1. The average Bonchev–Trinajstić information content (AvgIpc) is 3.32. The third-order valence-corrected chi connectivity index (χ3v) is 5.21. The van der Waals surface area contributed by atoms with Crippen LogP contribution in [0.4, 0.5) is 5.69 Å². The molecule has 0 fully saturated rings. The van der Waals surface area contributed by atoms with Crippen molar-refractivity contribution in [1.29, 1.82) is 0 Å². The summed E-state index contributed by atoms with van der Waals surface area (Å²) < 4.78 is 6.57. The molecule has 1 amide bonds. The number of rotatable bonds is 5. The summed E-state index contributed by atoms with van der Waals surface area (Å²) in [5, 5.41) is 3.06. The van der Waals surface area contributed by atoms with E-state index in [0.717, 1.165) is 23.2 Å². The molecule has 0 spiro atoms. The van der Waals surface area contributed by atoms with E-state index in [1.807, 2.05) is 36.4 Å². The summed E-state index contributed by atoms with van der Waals surface area (Å²) in [7, 11) is 0. The molecular weight excluding hydrogens is 392 g/mol. The third-order valence-electron chi connectivity index (χ3n) is 4.71. The highest BCUT2D eigenvalue weighted by molar-refractivity contribution is 9.10. The third kappa shape index (κ3) is 3.40. The van der Waals surface area contributed by atoms with Gasteiger partial charge < -0.3 is 14.6 Å². The van der Waals surface area contributed by atoms with E-state index in [2.05, 4.69) is 50.4 Å². The van der Waals surface area contributed by atoms with E-state index in [1.165, 1.54) is 11.3 Å². The number of halogens is 1. The Balaban J connectivity index is 1.55. The van der Waals surface area contributed by atoms with Crippen LogP contribution in [-0.2, 0) is 6.42 Å². The van der Waals surface area contributed by atoms with Gasteiger partial charge in [-0.1, -0.05) is 40.2 Å². The number of anilines is 1. The highest BCUT2D eigenvalue weighted by Gasteiger charge is 2.29. The zero-order chi connectivity index (χ0) is 17.9. The number of benzene rings is 2. The predicted molar refractivity (Wildman–Crippen MR) is 105 cm³/mol. The Bertz CT molecular complexity index is 908. The maximum atomic E-state index is 12.6. The first-order valence-corrected chi connectivity index (χ1v) is 9.43. The second-order valence-electron chi connectivity index (χ2n) is 6.32. The largest absolute Gasteiger partial charge is 0.467 e. The number of hydrogen-bond donors (Lipinski definition) is 1. The van der Waals surface area contributed by atoms with Crippen LogP contribution in [0.1, 0.15) is 27.7 Å². The molecule has 132 valence electrons. The molecule has 1 aromatic heterocycles. The van der Waals surface area contributed by atoms with Crippen LogP contribution in [0.5, 0.6) is 0 Å². The summed E-state index contributed by atoms with van der Waals surface area (Å²) in [4.78, 5) is 14.9. The molecule has 4 nitrogen and oxygen atoms in total. The van der Waals surface area contributed by atoms with Gasteiger partial charge in [0.1, 0.15) is 11.8 Å². The summed E-state index contributed by atoms with van der Waals surface area (Å²) in [6.07, 6.45) is 2.69. The molecule has 2 aromatic carbocycles. The van der Waals surface area contributed by atoms with Crippen molar-refractivity contribution in [2.24, 2.45) is 0 Å². The van der Waals surface area contributed by atoms with E-state index >= 15 is 0 Å². The van der Waals surface area contributed by atoms with Crippen LogP contribution in [0.15, 0.2) is 75.8 Å². The lowest BCUT2D eigenvalue weighted by molar-refractivity contribution is 0.0950. The van der Waals surface area contributed by atoms with Crippen LogP contribution >= 0.6 is 15.9 Å². The van der Waals surface area contributed by atoms with Gasteiger partial charge in [-0.05, 0) is 48.4 Å². The van der Waals surface area contributed by atoms with Crippen molar-refractivity contribution in [2.45, 2.75) is 12.5 Å². The van der Waals surface area contributed by atoms with E-state index in [4.69, 9.17) is 4.42 Å². The Labute approximate surface area is 160 Å². The fraction of sp³-hybridized carbons (Fsp3) is 0.190. The van der Waals surface area contributed by atoms with Gasteiger partial charge in [0.15, 0.2) is 0 Å². The fourth-order valence-corrected chi connectivity index (χ4v) is 3.85. The van der Waals surface area contributed by atoms with Gasteiger partial charge in [0.25, 0.3) is 5.91 Å². The summed E-state index contributed by atoms with van der Waals surface area (Å²) in [5.74, 6) is 0.770. The Hall–Kier alpha value is -2.53. The van der Waals surface area contributed by atoms with Gasteiger partial charge in [0.05, 0.1) is 6.26 Å². The maximum absolute atomic E-state index is 12.6. The van der Waals surface area contributed by atoms with Crippen molar-refractivity contribution in [2.75, 3.05) is 18.0 Å². The van der Waals surface area contributed by atoms with Gasteiger partial charge in [-0.3, -0.25) is 4.79 Å². The first kappa shape index (κ1) is 16.9. The number of fused-ring (bicyclic) bond motifs is 1. The Morgan fingerprint density at radius 1 is 1.15 bits per heavy atom. The molecule has 1 N–H and O–H groups in total. The molecule has 1 aliphatic rings. The van der Waals surface area contributed by atoms with Crippen LogP contribution in [-0.4, -0.2) is 19.0 Å². The minimum atomic E-state index is -0.0876. The van der Waals surface area contributed by atoms with Gasteiger partial charge in [-0.25, -0.2) is 0 Å². The summed E-state index contributed by atoms with van der Waals surface area (Å²) in [6.45, 7) is 1.39. The molecular formula is C21H19BrN2O2. The number of carbonyl (C=O) groups is 1. The van der Waals surface area contributed by atoms with Crippen molar-refractivity contribution in [3.8, 4) is 0 Å². The molecule has 0 bridgehead atoms. The second kappa shape index (κ2) is 7.38. The number of amides is 1. The van der Waals surface area contributed by atoms with Crippen molar-refractivity contribution in [3.05, 3.63) is 88.3 Å². The molecule has 0 radical (unpaired) electrons. The monoisotopic (exact) mass is 410 g/mol. The Morgan fingerprint density at radius 3 is 2.85 bits per heavy atom. The molecule has 0 saturated heterocycles. The Kier molecular flexibility index (Phi) is 4.80. The van der Waals surface area contributed by atoms with Crippen LogP contribution in [0.3, 0.4) is 0 Å². The number of nitrogens with one attached hydrogen (secondary N) is 1. The second-order valence-corrected chi connectivity index (χ2v) is 7.24. The van der Waals surface area contributed by atoms with Crippen LogP contribution in [0.25, 0.3) is 0 Å². The number of nitrogens with zero attached hydrogens (tertiary/aromatic N) is 1. The fourth-order valence-electron chi connectivity index (χ4n) is 3.45. The van der Waals surface area contributed by atoms with Crippen molar-refractivity contribution >= 4 is 27.5 Å². The van der Waals surface area contributed by atoms with E-state index in [1.54, 1.807) is 6.26 Å². The zero-order valence-electron chi connectivity index (χ0n) is 14.2. The highest BCUT2D eigenvalue weighted by Crippen LogP contribution is 2.35. The molecule has 4 rings (SSSR count). The average molecular weight is 411 g/mol. The van der Waals surface area contributed by atoms with Gasteiger partial charge in [-0.2, -0.15) is 0 Å². The highest BCUT2D eigenvalue weighted by atomic mass is 79.9. The molecule has 0 unspecified atom stereocenters. The lowest BCUT2D eigenvalue weighted by atomic mass is 10.1. The molecule has 1 aliphatic heterocycles. The number of para-hydroxylation sites is 1. The quantitative estimate of drug-likeness (QED) is 0.669. The molecule has 0 saturated carbocycles. The molecule has 5 heteroatoms. The van der Waals surface area contributed by atoms with Gasteiger partial charge in [0, 0.05) is 28.8 Å². The van der Waals surface area contributed by atoms with Crippen LogP contribution < -0.4 is 10.2 Å². The van der Waals surface area contributed by atoms with Gasteiger partial charge in [0.2, 0.25) is 0 Å². The molecule has 26 heavy (non-hydrogen) atoms. The van der Waals surface area contributed by atoms with Crippen molar-refractivity contribution in [1.82, 2.24) is 5.32 Å². The SMILES string of the molecule is O=C(NC[C@H](c1ccco1)N1CCc2ccccc21)c1cccc(Br)c1. The van der Waals surface area contributed by atoms with Crippen LogP contribution in [0, 0.1) is 0 Å². The van der Waals surface area contributed by atoms with Crippen molar-refractivity contribution in [3.63, 3.8) is 0 Å². The maximum Gasteiger partial charge on any atom is 0.251 e. The smallest absolute Gasteiger partial charge is 0.251 e. The van der Waals surface area contributed by atoms with Gasteiger partial charge >= 0.3 is 0 Å². The summed E-state index contributed by atoms with van der Waals surface area (Å²) in [6, 6.07) is 19.6. The first-order valence-electron chi connectivity index (χ1n) is 8.64.